The van der Waals surface area contributed by atoms with E-state index in [1.165, 1.54) is 0 Å². The molecule has 1 aliphatic heterocycles. The molecule has 3 N–H and O–H groups in total. The number of piperidine rings is 1. The molecule has 110 valence electrons. The van der Waals surface area contributed by atoms with Gasteiger partial charge in [0.15, 0.2) is 0 Å². The zero-order chi connectivity index (χ0) is 14.5. The fraction of sp³-hybridized carbons (Fsp3) is 0.533. The number of nitrogens with zero attached hydrogens (tertiary/aromatic N) is 1. The summed E-state index contributed by atoms with van der Waals surface area (Å²) < 4.78 is 5.14. The quantitative estimate of drug-likeness (QED) is 0.853. The molecule has 2 atom stereocenters. The lowest BCUT2D eigenvalue weighted by Crippen LogP contribution is -2.48. The van der Waals surface area contributed by atoms with Crippen molar-refractivity contribution in [3.8, 4) is 5.75 Å². The Morgan fingerprint density at radius 1 is 1.40 bits per heavy atom. The highest BCUT2D eigenvalue weighted by Gasteiger charge is 2.28. The lowest BCUT2D eigenvalue weighted by molar-refractivity contribution is -0.138. The Morgan fingerprint density at radius 3 is 2.70 bits per heavy atom. The van der Waals surface area contributed by atoms with Crippen molar-refractivity contribution in [3.05, 3.63) is 29.8 Å². The Labute approximate surface area is 119 Å². The predicted molar refractivity (Wildman–Crippen MR) is 76.7 cm³/mol. The molecule has 5 nitrogen and oxygen atoms in total. The number of ether oxygens (including phenoxy) is 1. The van der Waals surface area contributed by atoms with Gasteiger partial charge in [0.2, 0.25) is 0 Å². The maximum Gasteiger partial charge on any atom is 0.304 e. The minimum absolute atomic E-state index is 0.0781. The largest absolute Gasteiger partial charge is 0.497 e. The Kier molecular flexibility index (Phi) is 4.98. The highest BCUT2D eigenvalue weighted by atomic mass is 16.5. The SMILES string of the molecule is COc1ccc(CN2CC(N)CC[C@@H]2CC(=O)O)cc1. The molecule has 0 amide bonds. The molecule has 0 radical (unpaired) electrons. The molecule has 20 heavy (non-hydrogen) atoms. The number of aliphatic carboxylic acids is 1. The Balaban J connectivity index is 2.03. The fourth-order valence-corrected chi connectivity index (χ4v) is 2.72. The molecule has 1 fully saturated rings. The maximum absolute atomic E-state index is 11.0. The first-order chi connectivity index (χ1) is 9.58. The summed E-state index contributed by atoms with van der Waals surface area (Å²) in [7, 11) is 1.64. The number of rotatable bonds is 5. The van der Waals surface area contributed by atoms with Gasteiger partial charge >= 0.3 is 5.97 Å². The average Bonchev–Trinajstić information content (AvgIpc) is 2.42. The van der Waals surface area contributed by atoms with Gasteiger partial charge in [-0.3, -0.25) is 9.69 Å². The third kappa shape index (κ3) is 3.95. The lowest BCUT2D eigenvalue weighted by atomic mass is 9.96. The Hall–Kier alpha value is -1.59. The van der Waals surface area contributed by atoms with E-state index in [1.807, 2.05) is 24.3 Å². The number of hydrogen-bond acceptors (Lipinski definition) is 4. The van der Waals surface area contributed by atoms with E-state index in [2.05, 4.69) is 4.90 Å². The third-order valence-electron chi connectivity index (χ3n) is 3.81. The summed E-state index contributed by atoms with van der Waals surface area (Å²) in [6.07, 6.45) is 1.93. The van der Waals surface area contributed by atoms with E-state index in [1.54, 1.807) is 7.11 Å². The zero-order valence-corrected chi connectivity index (χ0v) is 11.8. The standard InChI is InChI=1S/C15H22N2O3/c1-20-14-6-2-11(3-7-14)9-17-10-12(16)4-5-13(17)8-15(18)19/h2-3,6-7,12-13H,4-5,8-10,16H2,1H3,(H,18,19)/t12?,13-/m1/s1. The molecule has 5 heteroatoms. The molecule has 0 saturated carbocycles. The average molecular weight is 278 g/mol. The van der Waals surface area contributed by atoms with Crippen molar-refractivity contribution in [2.75, 3.05) is 13.7 Å². The van der Waals surface area contributed by atoms with Gasteiger partial charge in [-0.25, -0.2) is 0 Å². The molecule has 0 spiro atoms. The van der Waals surface area contributed by atoms with Crippen molar-refractivity contribution >= 4 is 5.97 Å². The van der Waals surface area contributed by atoms with Gasteiger partial charge in [0, 0.05) is 25.2 Å². The maximum atomic E-state index is 11.0. The van der Waals surface area contributed by atoms with Crippen LogP contribution in [0.15, 0.2) is 24.3 Å². The van der Waals surface area contributed by atoms with Crippen molar-refractivity contribution in [3.63, 3.8) is 0 Å². The van der Waals surface area contributed by atoms with Gasteiger partial charge in [0.25, 0.3) is 0 Å². The minimum atomic E-state index is -0.745. The first-order valence-electron chi connectivity index (χ1n) is 6.93. The van der Waals surface area contributed by atoms with E-state index in [-0.39, 0.29) is 18.5 Å². The van der Waals surface area contributed by atoms with Crippen LogP contribution in [0.4, 0.5) is 0 Å². The van der Waals surface area contributed by atoms with Crippen LogP contribution in [-0.4, -0.2) is 41.7 Å². The topological polar surface area (TPSA) is 75.8 Å². The van der Waals surface area contributed by atoms with Crippen molar-refractivity contribution in [2.24, 2.45) is 5.73 Å². The second-order valence-electron chi connectivity index (χ2n) is 5.37. The summed E-state index contributed by atoms with van der Waals surface area (Å²) in [6, 6.07) is 8.08. The van der Waals surface area contributed by atoms with Crippen LogP contribution in [-0.2, 0) is 11.3 Å². The van der Waals surface area contributed by atoms with Crippen LogP contribution in [0.25, 0.3) is 0 Å². The van der Waals surface area contributed by atoms with Crippen LogP contribution >= 0.6 is 0 Å². The number of carbonyl (C=O) groups is 1. The minimum Gasteiger partial charge on any atom is -0.497 e. The molecular formula is C15H22N2O3. The summed E-state index contributed by atoms with van der Waals surface area (Å²) >= 11 is 0. The molecule has 1 unspecified atom stereocenters. The van der Waals surface area contributed by atoms with Crippen LogP contribution in [0.3, 0.4) is 0 Å². The summed E-state index contributed by atoms with van der Waals surface area (Å²) in [5, 5.41) is 9.01. The van der Waals surface area contributed by atoms with Gasteiger partial charge in [-0.1, -0.05) is 12.1 Å². The number of methoxy groups -OCH3 is 1. The van der Waals surface area contributed by atoms with Crippen molar-refractivity contribution in [1.82, 2.24) is 4.90 Å². The smallest absolute Gasteiger partial charge is 0.304 e. The number of hydrogen-bond donors (Lipinski definition) is 2. The number of benzene rings is 1. The van der Waals surface area contributed by atoms with E-state index >= 15 is 0 Å². The van der Waals surface area contributed by atoms with Crippen molar-refractivity contribution < 1.29 is 14.6 Å². The molecule has 1 saturated heterocycles. The monoisotopic (exact) mass is 278 g/mol. The fourth-order valence-electron chi connectivity index (χ4n) is 2.72. The summed E-state index contributed by atoms with van der Waals surface area (Å²) in [5.74, 6) is 0.0800. The van der Waals surface area contributed by atoms with Gasteiger partial charge in [-0.05, 0) is 30.5 Å². The molecule has 1 aliphatic rings. The normalized spacial score (nSPS) is 23.5. The molecular weight excluding hydrogens is 256 g/mol. The van der Waals surface area contributed by atoms with Crippen LogP contribution in [0.1, 0.15) is 24.8 Å². The second-order valence-corrected chi connectivity index (χ2v) is 5.37. The number of nitrogens with two attached hydrogens (primary N) is 1. The molecule has 0 bridgehead atoms. The highest BCUT2D eigenvalue weighted by molar-refractivity contribution is 5.67. The highest BCUT2D eigenvalue weighted by Crippen LogP contribution is 2.22. The Bertz CT molecular complexity index is 447. The van der Waals surface area contributed by atoms with Crippen LogP contribution < -0.4 is 10.5 Å². The number of likely N-dealkylation sites (tertiary alicyclic amines) is 1. The van der Waals surface area contributed by atoms with E-state index in [0.29, 0.717) is 0 Å². The van der Waals surface area contributed by atoms with E-state index in [9.17, 15) is 4.79 Å². The number of carboxylic acids is 1. The summed E-state index contributed by atoms with van der Waals surface area (Å²) in [4.78, 5) is 13.1. The van der Waals surface area contributed by atoms with E-state index < -0.39 is 5.97 Å². The van der Waals surface area contributed by atoms with Gasteiger partial charge in [-0.15, -0.1) is 0 Å². The lowest BCUT2D eigenvalue weighted by Gasteiger charge is -2.38. The third-order valence-corrected chi connectivity index (χ3v) is 3.81. The van der Waals surface area contributed by atoms with Crippen LogP contribution in [0, 0.1) is 0 Å². The second kappa shape index (κ2) is 6.72. The van der Waals surface area contributed by atoms with E-state index in [0.717, 1.165) is 37.2 Å². The molecule has 1 aromatic carbocycles. The van der Waals surface area contributed by atoms with Crippen molar-refractivity contribution in [1.29, 1.82) is 0 Å². The first-order valence-corrected chi connectivity index (χ1v) is 6.93. The van der Waals surface area contributed by atoms with Gasteiger partial charge in [0.1, 0.15) is 5.75 Å². The van der Waals surface area contributed by atoms with E-state index in [4.69, 9.17) is 15.6 Å². The molecule has 1 heterocycles. The van der Waals surface area contributed by atoms with Crippen LogP contribution in [0.5, 0.6) is 5.75 Å². The van der Waals surface area contributed by atoms with Gasteiger partial charge < -0.3 is 15.6 Å². The molecule has 1 aromatic rings. The van der Waals surface area contributed by atoms with Crippen LogP contribution in [0.2, 0.25) is 0 Å². The van der Waals surface area contributed by atoms with Crippen molar-refractivity contribution in [2.45, 2.75) is 37.9 Å². The number of carboxylic acid groups (broad SMARTS) is 1. The van der Waals surface area contributed by atoms with Gasteiger partial charge in [-0.2, -0.15) is 0 Å². The molecule has 2 rings (SSSR count). The predicted octanol–water partition coefficient (Wildman–Crippen LogP) is 1.46. The first kappa shape index (κ1) is 14.8. The van der Waals surface area contributed by atoms with Gasteiger partial charge in [0.05, 0.1) is 13.5 Å². The Morgan fingerprint density at radius 2 is 2.10 bits per heavy atom. The summed E-state index contributed by atoms with van der Waals surface area (Å²) in [6.45, 7) is 1.49. The molecule has 0 aromatic heterocycles. The zero-order valence-electron chi connectivity index (χ0n) is 11.8. The summed E-state index contributed by atoms with van der Waals surface area (Å²) in [5.41, 5.74) is 7.16. The molecule has 0 aliphatic carbocycles.